The van der Waals surface area contributed by atoms with Gasteiger partial charge < -0.3 is 4.74 Å². The van der Waals surface area contributed by atoms with E-state index in [1.165, 1.54) is 11.8 Å². The minimum atomic E-state index is -0.469. The van der Waals surface area contributed by atoms with Crippen molar-refractivity contribution in [2.75, 3.05) is 12.4 Å². The lowest BCUT2D eigenvalue weighted by atomic mass is 9.96. The average Bonchev–Trinajstić information content (AvgIpc) is 2.73. The van der Waals surface area contributed by atoms with Crippen LogP contribution >= 0.6 is 11.8 Å². The van der Waals surface area contributed by atoms with Crippen molar-refractivity contribution in [1.29, 1.82) is 5.26 Å². The van der Waals surface area contributed by atoms with Crippen LogP contribution in [0.4, 0.5) is 0 Å². The Bertz CT molecular complexity index is 970. The van der Waals surface area contributed by atoms with Gasteiger partial charge in [0.15, 0.2) is 0 Å². The summed E-state index contributed by atoms with van der Waals surface area (Å²) in [5.41, 5.74) is 3.30. The molecule has 3 rings (SSSR count). The Morgan fingerprint density at radius 3 is 2.26 bits per heavy atom. The summed E-state index contributed by atoms with van der Waals surface area (Å²) in [5.74, 6) is -0.302. The number of nitrogens with zero attached hydrogens (tertiary/aromatic N) is 3. The van der Waals surface area contributed by atoms with Crippen molar-refractivity contribution in [1.82, 2.24) is 10.2 Å². The second-order valence-corrected chi connectivity index (χ2v) is 6.47. The molecule has 0 bridgehead atoms. The SMILES string of the molecule is CCOC(=O)c1c(SCC#N)nnc(-c2ccccc2)c1-c1ccccc1. The predicted molar refractivity (Wildman–Crippen MR) is 105 cm³/mol. The van der Waals surface area contributed by atoms with E-state index in [4.69, 9.17) is 10.00 Å². The summed E-state index contributed by atoms with van der Waals surface area (Å²) in [4.78, 5) is 12.8. The van der Waals surface area contributed by atoms with Crippen molar-refractivity contribution in [3.63, 3.8) is 0 Å². The van der Waals surface area contributed by atoms with Crippen molar-refractivity contribution >= 4 is 17.7 Å². The van der Waals surface area contributed by atoms with Crippen LogP contribution in [0, 0.1) is 11.3 Å². The van der Waals surface area contributed by atoms with E-state index >= 15 is 0 Å². The zero-order valence-electron chi connectivity index (χ0n) is 14.8. The van der Waals surface area contributed by atoms with Gasteiger partial charge in [0.25, 0.3) is 0 Å². The van der Waals surface area contributed by atoms with E-state index in [1.807, 2.05) is 60.7 Å². The standard InChI is InChI=1S/C21H17N3O2S/c1-2-26-21(25)18-17(15-9-5-3-6-10-15)19(16-11-7-4-8-12-16)23-24-20(18)27-14-13-22/h3-12H,2,14H2,1H3. The molecular weight excluding hydrogens is 358 g/mol. The highest BCUT2D eigenvalue weighted by Gasteiger charge is 2.25. The van der Waals surface area contributed by atoms with Crippen LogP contribution in [0.2, 0.25) is 0 Å². The highest BCUT2D eigenvalue weighted by atomic mass is 32.2. The van der Waals surface area contributed by atoms with Crippen LogP contribution in [0.5, 0.6) is 0 Å². The first kappa shape index (κ1) is 18.6. The first-order valence-corrected chi connectivity index (χ1v) is 9.43. The molecule has 0 saturated carbocycles. The molecule has 134 valence electrons. The molecule has 27 heavy (non-hydrogen) atoms. The fraction of sp³-hybridized carbons (Fsp3) is 0.143. The maximum Gasteiger partial charge on any atom is 0.341 e. The lowest BCUT2D eigenvalue weighted by molar-refractivity contribution is 0.0522. The topological polar surface area (TPSA) is 75.9 Å². The van der Waals surface area contributed by atoms with Crippen molar-refractivity contribution in [2.24, 2.45) is 0 Å². The lowest BCUT2D eigenvalue weighted by Crippen LogP contribution is -2.12. The third-order valence-corrected chi connectivity index (χ3v) is 4.64. The monoisotopic (exact) mass is 375 g/mol. The van der Waals surface area contributed by atoms with E-state index < -0.39 is 5.97 Å². The average molecular weight is 375 g/mol. The van der Waals surface area contributed by atoms with Gasteiger partial charge in [-0.25, -0.2) is 4.79 Å². The van der Waals surface area contributed by atoms with E-state index in [0.717, 1.165) is 11.1 Å². The molecule has 0 aliphatic rings. The molecule has 0 fully saturated rings. The first-order chi connectivity index (χ1) is 13.3. The van der Waals surface area contributed by atoms with Crippen LogP contribution in [-0.4, -0.2) is 28.5 Å². The van der Waals surface area contributed by atoms with Crippen LogP contribution in [0.25, 0.3) is 22.4 Å². The van der Waals surface area contributed by atoms with Crippen molar-refractivity contribution in [3.05, 3.63) is 66.2 Å². The summed E-state index contributed by atoms with van der Waals surface area (Å²) in [6.07, 6.45) is 0. The Labute approximate surface area is 162 Å². The summed E-state index contributed by atoms with van der Waals surface area (Å²) >= 11 is 1.18. The maximum absolute atomic E-state index is 12.8. The van der Waals surface area contributed by atoms with Crippen LogP contribution in [0.15, 0.2) is 65.7 Å². The normalized spacial score (nSPS) is 10.2. The highest BCUT2D eigenvalue weighted by Crippen LogP contribution is 2.37. The molecule has 0 N–H and O–H groups in total. The number of ether oxygens (including phenoxy) is 1. The zero-order chi connectivity index (χ0) is 19.1. The first-order valence-electron chi connectivity index (χ1n) is 8.44. The number of hydrogen-bond acceptors (Lipinski definition) is 6. The molecule has 0 aliphatic carbocycles. The second kappa shape index (κ2) is 8.97. The van der Waals surface area contributed by atoms with Gasteiger partial charge in [-0.2, -0.15) is 5.26 Å². The van der Waals surface area contributed by atoms with Crippen LogP contribution < -0.4 is 0 Å². The van der Waals surface area contributed by atoms with E-state index in [0.29, 0.717) is 21.8 Å². The third-order valence-electron chi connectivity index (χ3n) is 3.80. The Kier molecular flexibility index (Phi) is 6.18. The second-order valence-electron chi connectivity index (χ2n) is 5.50. The zero-order valence-corrected chi connectivity index (χ0v) is 15.6. The van der Waals surface area contributed by atoms with Crippen LogP contribution in [0.1, 0.15) is 17.3 Å². The molecule has 0 saturated heterocycles. The van der Waals surface area contributed by atoms with E-state index in [9.17, 15) is 4.79 Å². The van der Waals surface area contributed by atoms with Crippen molar-refractivity contribution in [2.45, 2.75) is 11.9 Å². The maximum atomic E-state index is 12.8. The van der Waals surface area contributed by atoms with Gasteiger partial charge in [-0.05, 0) is 12.5 Å². The fourth-order valence-electron chi connectivity index (χ4n) is 2.70. The smallest absolute Gasteiger partial charge is 0.341 e. The van der Waals surface area contributed by atoms with E-state index in [2.05, 4.69) is 16.3 Å². The molecule has 0 radical (unpaired) electrons. The molecule has 1 aromatic heterocycles. The van der Waals surface area contributed by atoms with E-state index in [-0.39, 0.29) is 12.4 Å². The number of carbonyl (C=O) groups is 1. The number of esters is 1. The molecule has 5 nitrogen and oxygen atoms in total. The van der Waals surface area contributed by atoms with Gasteiger partial charge in [0.2, 0.25) is 0 Å². The van der Waals surface area contributed by atoms with Gasteiger partial charge in [0.1, 0.15) is 16.3 Å². The molecule has 0 amide bonds. The third kappa shape index (κ3) is 4.15. The number of rotatable bonds is 6. The molecule has 0 atom stereocenters. The Balaban J connectivity index is 2.31. The molecular formula is C21H17N3O2S. The molecule has 0 spiro atoms. The number of nitriles is 1. The van der Waals surface area contributed by atoms with Gasteiger partial charge >= 0.3 is 5.97 Å². The quantitative estimate of drug-likeness (QED) is 0.463. The number of aromatic nitrogens is 2. The number of hydrogen-bond donors (Lipinski definition) is 0. The van der Waals surface area contributed by atoms with Gasteiger partial charge in [-0.1, -0.05) is 72.4 Å². The Morgan fingerprint density at radius 1 is 1.04 bits per heavy atom. The number of benzene rings is 2. The Hall–Kier alpha value is -3.17. The minimum absolute atomic E-state index is 0.167. The molecule has 2 aromatic carbocycles. The summed E-state index contributed by atoms with van der Waals surface area (Å²) < 4.78 is 5.30. The fourth-order valence-corrected chi connectivity index (χ4v) is 3.33. The minimum Gasteiger partial charge on any atom is -0.462 e. The number of thioether (sulfide) groups is 1. The van der Waals surface area contributed by atoms with Crippen LogP contribution in [0.3, 0.4) is 0 Å². The van der Waals surface area contributed by atoms with Gasteiger partial charge in [0.05, 0.1) is 18.4 Å². The summed E-state index contributed by atoms with van der Waals surface area (Å²) in [5, 5.41) is 18.0. The molecule has 3 aromatic rings. The van der Waals surface area contributed by atoms with Gasteiger partial charge in [-0.15, -0.1) is 10.2 Å². The van der Waals surface area contributed by atoms with E-state index in [1.54, 1.807) is 6.92 Å². The molecule has 1 heterocycles. The summed E-state index contributed by atoms with van der Waals surface area (Å²) in [7, 11) is 0. The largest absolute Gasteiger partial charge is 0.462 e. The highest BCUT2D eigenvalue weighted by molar-refractivity contribution is 7.99. The van der Waals surface area contributed by atoms with Gasteiger partial charge in [-0.3, -0.25) is 0 Å². The van der Waals surface area contributed by atoms with Crippen LogP contribution in [-0.2, 0) is 4.74 Å². The molecule has 6 heteroatoms. The molecule has 0 unspecified atom stereocenters. The van der Waals surface area contributed by atoms with Gasteiger partial charge in [0, 0.05) is 11.1 Å². The Morgan fingerprint density at radius 2 is 1.67 bits per heavy atom. The molecule has 0 aliphatic heterocycles. The predicted octanol–water partition coefficient (Wildman–Crippen LogP) is 4.60. The van der Waals surface area contributed by atoms with Crippen molar-refractivity contribution < 1.29 is 9.53 Å². The summed E-state index contributed by atoms with van der Waals surface area (Å²) in [6.45, 7) is 2.01. The lowest BCUT2D eigenvalue weighted by Gasteiger charge is -2.16. The number of carbonyl (C=O) groups excluding carboxylic acids is 1. The van der Waals surface area contributed by atoms with Crippen molar-refractivity contribution in [3.8, 4) is 28.5 Å². The summed E-state index contributed by atoms with van der Waals surface area (Å²) in [6, 6.07) is 21.2.